The number of allylic oxidation sites excluding steroid dienone is 2. The van der Waals surface area contributed by atoms with Gasteiger partial charge >= 0.3 is 7.82 Å². The number of nitrogens with one attached hydrogen (secondary N) is 1. The fourth-order valence-corrected chi connectivity index (χ4v) is 2.66. The van der Waals surface area contributed by atoms with Crippen LogP contribution in [0, 0.1) is 0 Å². The van der Waals surface area contributed by atoms with Gasteiger partial charge in [-0.3, -0.25) is 4.79 Å². The summed E-state index contributed by atoms with van der Waals surface area (Å²) in [6, 6.07) is 0. The molecule has 0 aliphatic carbocycles. The van der Waals surface area contributed by atoms with Gasteiger partial charge in [0.25, 0.3) is 0 Å². The largest absolute Gasteiger partial charge is 0.466 e. The topological polar surface area (TPSA) is 133 Å². The minimum absolute atomic E-state index is 0.146. The molecule has 0 aliphatic rings. The summed E-state index contributed by atoms with van der Waals surface area (Å²) in [5.41, 5.74) is 5.34. The van der Waals surface area contributed by atoms with Crippen LogP contribution in [0.25, 0.3) is 0 Å². The first kappa shape index (κ1) is 29.5. The van der Waals surface area contributed by atoms with E-state index in [1.807, 2.05) is 0 Å². The van der Waals surface area contributed by atoms with Crippen molar-refractivity contribution >= 4 is 13.7 Å². The second-order valence-corrected chi connectivity index (χ2v) is 8.01. The third-order valence-corrected chi connectivity index (χ3v) is 4.13. The van der Waals surface area contributed by atoms with E-state index in [0.717, 1.165) is 12.8 Å². The van der Waals surface area contributed by atoms with Crippen molar-refractivity contribution in [2.75, 3.05) is 13.1 Å². The van der Waals surface area contributed by atoms with E-state index in [2.05, 4.69) is 24.4 Å². The quantitative estimate of drug-likeness (QED) is 0.136. The monoisotopic (exact) mass is 422 g/mol. The van der Waals surface area contributed by atoms with Crippen LogP contribution in [-0.4, -0.2) is 33.7 Å². The Labute approximate surface area is 171 Å². The van der Waals surface area contributed by atoms with Crippen LogP contribution in [0.3, 0.4) is 0 Å². The maximum atomic E-state index is 11.4. The van der Waals surface area contributed by atoms with Crippen LogP contribution in [-0.2, 0) is 9.36 Å². The van der Waals surface area contributed by atoms with E-state index in [0.29, 0.717) is 19.5 Å². The Morgan fingerprint density at radius 3 is 1.75 bits per heavy atom. The van der Waals surface area contributed by atoms with Gasteiger partial charge in [-0.15, -0.1) is 0 Å². The number of carbonyl (C=O) groups is 1. The van der Waals surface area contributed by atoms with Crippen molar-refractivity contribution in [2.24, 2.45) is 5.73 Å². The van der Waals surface area contributed by atoms with Crippen molar-refractivity contribution in [3.05, 3.63) is 12.2 Å². The Hall–Kier alpha value is -0.720. The molecule has 0 fully saturated rings. The molecule has 0 saturated carbocycles. The molecule has 0 heterocycles. The number of hydrogen-bond donors (Lipinski definition) is 5. The minimum Gasteiger partial charge on any atom is -0.355 e. The molecule has 7 nitrogen and oxygen atoms in total. The lowest BCUT2D eigenvalue weighted by molar-refractivity contribution is -0.121. The van der Waals surface area contributed by atoms with Crippen molar-refractivity contribution in [1.82, 2.24) is 5.32 Å². The molecule has 0 spiro atoms. The average Bonchev–Trinajstić information content (AvgIpc) is 2.61. The molecule has 0 aliphatic heterocycles. The van der Waals surface area contributed by atoms with Gasteiger partial charge in [0.15, 0.2) is 0 Å². The molecule has 0 atom stereocenters. The van der Waals surface area contributed by atoms with Gasteiger partial charge in [-0.2, -0.15) is 0 Å². The Balaban J connectivity index is 0. The molecule has 1 amide bonds. The van der Waals surface area contributed by atoms with E-state index in [1.165, 1.54) is 70.6 Å². The molecule has 6 N–H and O–H groups in total. The Morgan fingerprint density at radius 2 is 1.29 bits per heavy atom. The van der Waals surface area contributed by atoms with Crippen molar-refractivity contribution in [3.63, 3.8) is 0 Å². The van der Waals surface area contributed by atoms with E-state index < -0.39 is 7.82 Å². The normalized spacial score (nSPS) is 11.3. The number of rotatable bonds is 17. The second-order valence-electron chi connectivity index (χ2n) is 6.99. The molecule has 0 radical (unpaired) electrons. The van der Waals surface area contributed by atoms with Crippen molar-refractivity contribution in [2.45, 2.75) is 96.8 Å². The van der Waals surface area contributed by atoms with Crippen LogP contribution in [0.15, 0.2) is 12.2 Å². The fraction of sp³-hybridized carbons (Fsp3) is 0.850. The third kappa shape index (κ3) is 36.2. The summed E-state index contributed by atoms with van der Waals surface area (Å²) in [5, 5.41) is 2.81. The van der Waals surface area contributed by atoms with Crippen LogP contribution in [0.4, 0.5) is 0 Å². The lowest BCUT2D eigenvalue weighted by Gasteiger charge is -2.03. The van der Waals surface area contributed by atoms with Gasteiger partial charge in [0.1, 0.15) is 0 Å². The number of nitrogens with two attached hydrogens (primary N) is 1. The van der Waals surface area contributed by atoms with Crippen molar-refractivity contribution in [3.8, 4) is 0 Å². The van der Waals surface area contributed by atoms with Gasteiger partial charge in [-0.25, -0.2) is 4.57 Å². The van der Waals surface area contributed by atoms with Gasteiger partial charge in [0, 0.05) is 19.5 Å². The molecular weight excluding hydrogens is 379 g/mol. The smallest absolute Gasteiger partial charge is 0.355 e. The zero-order valence-corrected chi connectivity index (χ0v) is 18.5. The fourth-order valence-electron chi connectivity index (χ4n) is 2.66. The highest BCUT2D eigenvalue weighted by atomic mass is 31.2. The van der Waals surface area contributed by atoms with E-state index in [-0.39, 0.29) is 5.91 Å². The van der Waals surface area contributed by atoms with Gasteiger partial charge in [0.2, 0.25) is 5.91 Å². The highest BCUT2D eigenvalue weighted by Crippen LogP contribution is 2.25. The molecule has 28 heavy (non-hydrogen) atoms. The van der Waals surface area contributed by atoms with Crippen LogP contribution in [0.2, 0.25) is 0 Å². The Kier molecular flexibility index (Phi) is 23.8. The van der Waals surface area contributed by atoms with Crippen LogP contribution in [0.5, 0.6) is 0 Å². The maximum Gasteiger partial charge on any atom is 0.466 e. The van der Waals surface area contributed by atoms with Gasteiger partial charge in [-0.1, -0.05) is 70.4 Å². The van der Waals surface area contributed by atoms with Crippen molar-refractivity contribution in [1.29, 1.82) is 0 Å². The second kappa shape index (κ2) is 22.6. The van der Waals surface area contributed by atoms with E-state index in [1.54, 1.807) is 0 Å². The van der Waals surface area contributed by atoms with Crippen molar-refractivity contribution < 1.29 is 24.0 Å². The number of unbranched alkanes of at least 4 members (excludes halogenated alkanes) is 11. The average molecular weight is 423 g/mol. The Morgan fingerprint density at radius 1 is 0.857 bits per heavy atom. The molecule has 0 aromatic heterocycles. The molecule has 0 saturated heterocycles. The molecular formula is C20H43N2O5P. The number of phosphoric acid groups is 1. The Bertz CT molecular complexity index is 405. The summed E-state index contributed by atoms with van der Waals surface area (Å²) in [5.74, 6) is 0.146. The molecule has 0 aromatic carbocycles. The third-order valence-electron chi connectivity index (χ3n) is 4.13. The van der Waals surface area contributed by atoms with Crippen LogP contribution < -0.4 is 11.1 Å². The molecule has 168 valence electrons. The lowest BCUT2D eigenvalue weighted by Crippen LogP contribution is -2.28. The summed E-state index contributed by atoms with van der Waals surface area (Å²) < 4.78 is 8.88. The number of hydrogen-bond acceptors (Lipinski definition) is 3. The minimum atomic E-state index is -4.64. The SMILES string of the molecule is CCCCCCCCC=CCCCCCCCC(=O)NCCN.O=P(O)(O)O. The summed E-state index contributed by atoms with van der Waals surface area (Å²) in [6.45, 7) is 3.39. The first-order chi connectivity index (χ1) is 13.3. The molecule has 0 unspecified atom stereocenters. The predicted molar refractivity (Wildman–Crippen MR) is 116 cm³/mol. The highest BCUT2D eigenvalue weighted by molar-refractivity contribution is 7.45. The lowest BCUT2D eigenvalue weighted by atomic mass is 10.1. The van der Waals surface area contributed by atoms with Gasteiger partial charge in [0.05, 0.1) is 0 Å². The van der Waals surface area contributed by atoms with E-state index in [9.17, 15) is 4.79 Å². The predicted octanol–water partition coefficient (Wildman–Crippen LogP) is 4.17. The van der Waals surface area contributed by atoms with Gasteiger partial charge < -0.3 is 25.7 Å². The summed E-state index contributed by atoms with van der Waals surface area (Å²) in [4.78, 5) is 32.9. The van der Waals surface area contributed by atoms with Crippen LogP contribution in [0.1, 0.15) is 96.8 Å². The summed E-state index contributed by atoms with van der Waals surface area (Å²) in [7, 11) is -4.64. The van der Waals surface area contributed by atoms with Crippen LogP contribution >= 0.6 is 7.82 Å². The molecule has 0 bridgehead atoms. The number of carbonyl (C=O) groups excluding carboxylic acids is 1. The number of amides is 1. The first-order valence-electron chi connectivity index (χ1n) is 10.7. The van der Waals surface area contributed by atoms with E-state index in [4.69, 9.17) is 25.0 Å². The molecule has 0 aromatic rings. The van der Waals surface area contributed by atoms with E-state index >= 15 is 0 Å². The zero-order chi connectivity index (χ0) is 21.5. The standard InChI is InChI=1S/C20H40N2O.H3O4P/c1-2-3-4-5-6-7-8-9-10-11-12-13-14-15-16-17-20(23)22-19-18-21;1-5(2,3)4/h9-10H,2-8,11-19,21H2,1H3,(H,22,23);(H3,1,2,3,4). The first-order valence-corrected chi connectivity index (χ1v) is 12.3. The summed E-state index contributed by atoms with van der Waals surface area (Å²) >= 11 is 0. The highest BCUT2D eigenvalue weighted by Gasteiger charge is 2.00. The molecule has 0 rings (SSSR count). The molecule has 8 heteroatoms. The zero-order valence-electron chi connectivity index (χ0n) is 17.7. The summed E-state index contributed by atoms with van der Waals surface area (Å²) in [6.07, 6.45) is 22.1. The maximum absolute atomic E-state index is 11.4. The van der Waals surface area contributed by atoms with Gasteiger partial charge in [-0.05, 0) is 32.1 Å².